The number of aromatic nitrogens is 3. The van der Waals surface area contributed by atoms with Gasteiger partial charge < -0.3 is 14.2 Å². The lowest BCUT2D eigenvalue weighted by atomic mass is 10.2. The Morgan fingerprint density at radius 3 is 2.43 bits per heavy atom. The van der Waals surface area contributed by atoms with Crippen LogP contribution in [0.2, 0.25) is 5.02 Å². The Morgan fingerprint density at radius 1 is 1.17 bits per heavy atom. The van der Waals surface area contributed by atoms with Crippen molar-refractivity contribution in [2.75, 3.05) is 7.11 Å². The molecule has 0 aliphatic heterocycles. The smallest absolute Gasteiger partial charge is 0.431 e. The molecular weight excluding hydrogens is 502 g/mol. The van der Waals surface area contributed by atoms with E-state index >= 15 is 0 Å². The highest BCUT2D eigenvalue weighted by Gasteiger charge is 2.35. The van der Waals surface area contributed by atoms with Crippen LogP contribution in [0.5, 0.6) is 17.4 Å². The molecule has 9 nitrogen and oxygen atoms in total. The van der Waals surface area contributed by atoms with Gasteiger partial charge in [-0.3, -0.25) is 9.36 Å². The molecular formula is C21H16ClF4N3O6. The number of esters is 1. The van der Waals surface area contributed by atoms with Crippen molar-refractivity contribution in [2.24, 2.45) is 7.05 Å². The summed E-state index contributed by atoms with van der Waals surface area (Å²) in [4.78, 5) is 40.2. The zero-order valence-corrected chi connectivity index (χ0v) is 19.0. The Bertz CT molecular complexity index is 1390. The SMILES string of the molecule is COC(=O)C(C)Oc1ccc(Oc2cc(-n3c(=O)cc(C(F)(F)F)n(C)c3=O)c(F)cc2Cl)cn1. The van der Waals surface area contributed by atoms with Crippen molar-refractivity contribution < 1.29 is 36.6 Å². The summed E-state index contributed by atoms with van der Waals surface area (Å²) >= 11 is 6.00. The molecule has 35 heavy (non-hydrogen) atoms. The highest BCUT2D eigenvalue weighted by Crippen LogP contribution is 2.33. The number of benzene rings is 1. The molecule has 2 heterocycles. The van der Waals surface area contributed by atoms with Crippen LogP contribution < -0.4 is 20.7 Å². The molecule has 0 saturated heterocycles. The number of alkyl halides is 3. The molecule has 0 spiro atoms. The molecule has 3 rings (SSSR count). The van der Waals surface area contributed by atoms with Crippen LogP contribution in [0.4, 0.5) is 17.6 Å². The third-order valence-electron chi connectivity index (χ3n) is 4.62. The molecule has 0 amide bonds. The van der Waals surface area contributed by atoms with Crippen LogP contribution in [-0.4, -0.2) is 33.3 Å². The third kappa shape index (κ3) is 5.45. The monoisotopic (exact) mass is 517 g/mol. The van der Waals surface area contributed by atoms with Crippen LogP contribution in [0.15, 0.2) is 46.1 Å². The number of rotatable bonds is 6. The predicted octanol–water partition coefficient (Wildman–Crippen LogP) is 3.48. The second-order valence-corrected chi connectivity index (χ2v) is 7.40. The van der Waals surface area contributed by atoms with Crippen molar-refractivity contribution in [3.05, 3.63) is 73.9 Å². The Morgan fingerprint density at radius 2 is 1.86 bits per heavy atom. The fourth-order valence-corrected chi connectivity index (χ4v) is 3.10. The highest BCUT2D eigenvalue weighted by atomic mass is 35.5. The Balaban J connectivity index is 1.97. The van der Waals surface area contributed by atoms with Gasteiger partial charge in [0, 0.05) is 25.2 Å². The molecule has 3 aromatic rings. The summed E-state index contributed by atoms with van der Waals surface area (Å²) < 4.78 is 69.6. The second-order valence-electron chi connectivity index (χ2n) is 6.99. The van der Waals surface area contributed by atoms with Crippen molar-refractivity contribution in [1.29, 1.82) is 0 Å². The van der Waals surface area contributed by atoms with Crippen molar-refractivity contribution in [2.45, 2.75) is 19.2 Å². The summed E-state index contributed by atoms with van der Waals surface area (Å²) in [6, 6.07) is 4.52. The summed E-state index contributed by atoms with van der Waals surface area (Å²) in [5, 5.41) is -0.261. The van der Waals surface area contributed by atoms with E-state index in [0.29, 0.717) is 0 Å². The van der Waals surface area contributed by atoms with Gasteiger partial charge in [0.15, 0.2) is 6.10 Å². The maximum absolute atomic E-state index is 14.6. The quantitative estimate of drug-likeness (QED) is 0.364. The van der Waals surface area contributed by atoms with Gasteiger partial charge in [0.25, 0.3) is 5.56 Å². The predicted molar refractivity (Wildman–Crippen MR) is 114 cm³/mol. The minimum Gasteiger partial charge on any atom is -0.466 e. The number of carbonyl (C=O) groups is 1. The molecule has 186 valence electrons. The molecule has 1 aromatic carbocycles. The summed E-state index contributed by atoms with van der Waals surface area (Å²) in [5.74, 6) is -1.88. The first kappa shape index (κ1) is 25.7. The maximum Gasteiger partial charge on any atom is 0.431 e. The molecule has 0 aliphatic rings. The summed E-state index contributed by atoms with van der Waals surface area (Å²) in [7, 11) is 1.99. The minimum absolute atomic E-state index is 0.0564. The van der Waals surface area contributed by atoms with E-state index in [0.717, 1.165) is 19.2 Å². The van der Waals surface area contributed by atoms with Gasteiger partial charge in [-0.25, -0.2) is 23.5 Å². The first-order chi connectivity index (χ1) is 16.3. The molecule has 0 fully saturated rings. The molecule has 0 bridgehead atoms. The number of halogens is 5. The number of ether oxygens (including phenoxy) is 3. The van der Waals surface area contributed by atoms with Crippen molar-refractivity contribution >= 4 is 17.6 Å². The molecule has 14 heteroatoms. The number of carbonyl (C=O) groups excluding carboxylic acids is 1. The lowest BCUT2D eigenvalue weighted by Crippen LogP contribution is -2.41. The average molecular weight is 518 g/mol. The number of hydrogen-bond acceptors (Lipinski definition) is 7. The van der Waals surface area contributed by atoms with Gasteiger partial charge >= 0.3 is 17.8 Å². The molecule has 0 saturated carbocycles. The van der Waals surface area contributed by atoms with Gasteiger partial charge in [-0.15, -0.1) is 0 Å². The maximum atomic E-state index is 14.6. The highest BCUT2D eigenvalue weighted by molar-refractivity contribution is 6.32. The molecule has 0 aliphatic carbocycles. The van der Waals surface area contributed by atoms with E-state index in [-0.39, 0.29) is 37.6 Å². The van der Waals surface area contributed by atoms with Crippen LogP contribution in [0.25, 0.3) is 5.69 Å². The van der Waals surface area contributed by atoms with E-state index in [1.807, 2.05) is 0 Å². The molecule has 0 N–H and O–H groups in total. The van der Waals surface area contributed by atoms with Crippen LogP contribution in [0.1, 0.15) is 12.6 Å². The molecule has 1 unspecified atom stereocenters. The molecule has 1 atom stereocenters. The van der Waals surface area contributed by atoms with Gasteiger partial charge in [0.2, 0.25) is 5.88 Å². The van der Waals surface area contributed by atoms with Crippen LogP contribution >= 0.6 is 11.6 Å². The van der Waals surface area contributed by atoms with Gasteiger partial charge in [-0.1, -0.05) is 11.6 Å². The van der Waals surface area contributed by atoms with E-state index in [4.69, 9.17) is 21.1 Å². The average Bonchev–Trinajstić information content (AvgIpc) is 2.79. The van der Waals surface area contributed by atoms with Gasteiger partial charge in [0.05, 0.1) is 24.0 Å². The zero-order chi connectivity index (χ0) is 26.1. The van der Waals surface area contributed by atoms with E-state index in [1.165, 1.54) is 32.4 Å². The first-order valence-corrected chi connectivity index (χ1v) is 9.99. The van der Waals surface area contributed by atoms with Crippen LogP contribution in [-0.2, 0) is 22.8 Å². The van der Waals surface area contributed by atoms with Gasteiger partial charge in [-0.05, 0) is 19.1 Å². The van der Waals surface area contributed by atoms with E-state index < -0.39 is 46.7 Å². The van der Waals surface area contributed by atoms with Crippen molar-refractivity contribution in [3.63, 3.8) is 0 Å². The number of nitrogens with zero attached hydrogens (tertiary/aromatic N) is 3. The summed E-state index contributed by atoms with van der Waals surface area (Å²) in [6.07, 6.45) is -4.73. The normalized spacial score (nSPS) is 12.2. The first-order valence-electron chi connectivity index (χ1n) is 9.61. The molecule has 2 aromatic heterocycles. The van der Waals surface area contributed by atoms with E-state index in [1.54, 1.807) is 0 Å². The minimum atomic E-state index is -4.98. The second kappa shape index (κ2) is 9.78. The standard InChI is InChI=1S/C21H16ClF4N3O6/c1-10(19(31)33-3)34-17-5-4-11(9-27-17)35-15-7-14(13(23)6-12(15)22)29-18(30)8-16(21(24,25)26)28(2)20(29)32/h4-10H,1-3H3. The number of hydrogen-bond donors (Lipinski definition) is 0. The lowest BCUT2D eigenvalue weighted by Gasteiger charge is -2.15. The molecule has 0 radical (unpaired) electrons. The fourth-order valence-electron chi connectivity index (χ4n) is 2.91. The zero-order valence-electron chi connectivity index (χ0n) is 18.2. The number of pyridine rings is 1. The lowest BCUT2D eigenvalue weighted by molar-refractivity contribution is -0.148. The van der Waals surface area contributed by atoms with Crippen LogP contribution in [0.3, 0.4) is 0 Å². The Kier molecular flexibility index (Phi) is 7.19. The van der Waals surface area contributed by atoms with Crippen molar-refractivity contribution in [3.8, 4) is 23.1 Å². The Hall–Kier alpha value is -3.87. The topological polar surface area (TPSA) is 102 Å². The summed E-state index contributed by atoms with van der Waals surface area (Å²) in [6.45, 7) is 1.45. The van der Waals surface area contributed by atoms with E-state index in [9.17, 15) is 31.9 Å². The number of methoxy groups -OCH3 is 1. The van der Waals surface area contributed by atoms with Gasteiger partial charge in [-0.2, -0.15) is 13.2 Å². The Labute approximate surface area is 199 Å². The van der Waals surface area contributed by atoms with Gasteiger partial charge in [0.1, 0.15) is 23.0 Å². The van der Waals surface area contributed by atoms with Crippen LogP contribution in [0, 0.1) is 5.82 Å². The summed E-state index contributed by atoms with van der Waals surface area (Å²) in [5.41, 5.74) is -5.01. The third-order valence-corrected chi connectivity index (χ3v) is 4.92. The van der Waals surface area contributed by atoms with Crippen molar-refractivity contribution in [1.82, 2.24) is 14.1 Å². The van der Waals surface area contributed by atoms with E-state index in [2.05, 4.69) is 9.72 Å². The fraction of sp³-hybridized carbons (Fsp3) is 0.238. The largest absolute Gasteiger partial charge is 0.466 e.